The first-order valence-electron chi connectivity index (χ1n) is 8.21. The summed E-state index contributed by atoms with van der Waals surface area (Å²) in [6.45, 7) is 0. The second kappa shape index (κ2) is 8.79. The predicted octanol–water partition coefficient (Wildman–Crippen LogP) is 4.26. The number of nitrogens with one attached hydrogen (secondary N) is 1. The average molecular weight is 390 g/mol. The Morgan fingerprint density at radius 2 is 1.82 bits per heavy atom. The van der Waals surface area contributed by atoms with E-state index in [1.54, 1.807) is 18.2 Å². The molecule has 8 heteroatoms. The average Bonchev–Trinajstić information content (AvgIpc) is 2.73. The summed E-state index contributed by atoms with van der Waals surface area (Å²) >= 11 is 1.11. The number of nitriles is 1. The molecular formula is C20H14N4O3S. The molecule has 0 fully saturated rings. The number of nitrogens with zero attached hydrogens (tertiary/aromatic N) is 3. The number of pyridine rings is 1. The quantitative estimate of drug-likeness (QED) is 0.383. The Morgan fingerprint density at radius 3 is 2.54 bits per heavy atom. The predicted molar refractivity (Wildman–Crippen MR) is 107 cm³/mol. The summed E-state index contributed by atoms with van der Waals surface area (Å²) in [5, 5.41) is 23.3. The van der Waals surface area contributed by atoms with Crippen LogP contribution in [-0.4, -0.2) is 21.6 Å². The van der Waals surface area contributed by atoms with Crippen LogP contribution in [0.2, 0.25) is 0 Å². The van der Waals surface area contributed by atoms with E-state index in [2.05, 4.69) is 16.4 Å². The number of carbonyl (C=O) groups is 1. The van der Waals surface area contributed by atoms with Crippen molar-refractivity contribution in [3.05, 3.63) is 82.4 Å². The van der Waals surface area contributed by atoms with Gasteiger partial charge in [-0.05, 0) is 18.2 Å². The molecule has 0 saturated carbocycles. The standard InChI is InChI=1S/C20H14N4O3S/c21-12-15-10-11-16(14-6-2-1-3-7-14)23-20(15)28-13-19(25)22-17-8-4-5-9-18(17)24(26)27/h1-11H,13H2,(H,22,25). The van der Waals surface area contributed by atoms with Gasteiger partial charge in [0.25, 0.3) is 5.69 Å². The first-order valence-corrected chi connectivity index (χ1v) is 9.19. The van der Waals surface area contributed by atoms with Crippen molar-refractivity contribution in [1.29, 1.82) is 5.26 Å². The molecular weight excluding hydrogens is 376 g/mol. The lowest BCUT2D eigenvalue weighted by atomic mass is 10.1. The highest BCUT2D eigenvalue weighted by Crippen LogP contribution is 2.27. The van der Waals surface area contributed by atoms with Gasteiger partial charge in [-0.3, -0.25) is 14.9 Å². The third-order valence-corrected chi connectivity index (χ3v) is 4.76. The van der Waals surface area contributed by atoms with Gasteiger partial charge in [0.2, 0.25) is 5.91 Å². The number of aromatic nitrogens is 1. The van der Waals surface area contributed by atoms with Crippen LogP contribution in [0.25, 0.3) is 11.3 Å². The second-order valence-corrected chi connectivity index (χ2v) is 6.60. The number of para-hydroxylation sites is 2. The van der Waals surface area contributed by atoms with Crippen molar-refractivity contribution in [3.8, 4) is 17.3 Å². The van der Waals surface area contributed by atoms with E-state index in [0.29, 0.717) is 16.3 Å². The van der Waals surface area contributed by atoms with Gasteiger partial charge in [0, 0.05) is 11.6 Å². The van der Waals surface area contributed by atoms with Crippen molar-refractivity contribution in [1.82, 2.24) is 4.98 Å². The first kappa shape index (κ1) is 19.1. The molecule has 0 aliphatic carbocycles. The van der Waals surface area contributed by atoms with E-state index in [1.807, 2.05) is 30.3 Å². The van der Waals surface area contributed by atoms with Crippen molar-refractivity contribution in [2.24, 2.45) is 0 Å². The molecule has 0 spiro atoms. The number of carbonyl (C=O) groups excluding carboxylic acids is 1. The van der Waals surface area contributed by atoms with E-state index < -0.39 is 10.8 Å². The number of hydrogen-bond acceptors (Lipinski definition) is 6. The number of hydrogen-bond donors (Lipinski definition) is 1. The van der Waals surface area contributed by atoms with Crippen LogP contribution in [0.3, 0.4) is 0 Å². The van der Waals surface area contributed by atoms with Gasteiger partial charge in [0.05, 0.1) is 21.9 Å². The summed E-state index contributed by atoms with van der Waals surface area (Å²) < 4.78 is 0. The maximum atomic E-state index is 12.2. The van der Waals surface area contributed by atoms with E-state index in [9.17, 15) is 20.2 Å². The van der Waals surface area contributed by atoms with Crippen LogP contribution < -0.4 is 5.32 Å². The van der Waals surface area contributed by atoms with Gasteiger partial charge in [0.1, 0.15) is 16.8 Å². The molecule has 1 amide bonds. The molecule has 28 heavy (non-hydrogen) atoms. The molecule has 0 aliphatic heterocycles. The molecule has 7 nitrogen and oxygen atoms in total. The third kappa shape index (κ3) is 4.52. The van der Waals surface area contributed by atoms with Crippen molar-refractivity contribution in [2.45, 2.75) is 5.03 Å². The topological polar surface area (TPSA) is 109 Å². The van der Waals surface area contributed by atoms with Crippen molar-refractivity contribution >= 4 is 29.0 Å². The molecule has 1 heterocycles. The van der Waals surface area contributed by atoms with Gasteiger partial charge in [-0.1, -0.05) is 54.2 Å². The van der Waals surface area contributed by atoms with Crippen molar-refractivity contribution in [3.63, 3.8) is 0 Å². The molecule has 1 aromatic heterocycles. The Morgan fingerprint density at radius 1 is 1.11 bits per heavy atom. The fourth-order valence-electron chi connectivity index (χ4n) is 2.46. The summed E-state index contributed by atoms with van der Waals surface area (Å²) in [4.78, 5) is 27.2. The van der Waals surface area contributed by atoms with Crippen LogP contribution in [0.5, 0.6) is 0 Å². The van der Waals surface area contributed by atoms with E-state index in [-0.39, 0.29) is 17.1 Å². The molecule has 0 radical (unpaired) electrons. The maximum absolute atomic E-state index is 12.2. The zero-order valence-electron chi connectivity index (χ0n) is 14.5. The Balaban J connectivity index is 1.74. The Bertz CT molecular complexity index is 1060. The Kier molecular flexibility index (Phi) is 5.99. The summed E-state index contributed by atoms with van der Waals surface area (Å²) in [6, 6.07) is 20.9. The van der Waals surface area contributed by atoms with E-state index >= 15 is 0 Å². The number of nitro benzene ring substituents is 1. The lowest BCUT2D eigenvalue weighted by molar-refractivity contribution is -0.383. The number of rotatable bonds is 6. The minimum absolute atomic E-state index is 0.0357. The van der Waals surface area contributed by atoms with E-state index in [0.717, 1.165) is 17.3 Å². The minimum atomic E-state index is -0.554. The molecule has 0 bridgehead atoms. The third-order valence-electron chi connectivity index (χ3n) is 3.77. The molecule has 0 unspecified atom stereocenters. The highest BCUT2D eigenvalue weighted by molar-refractivity contribution is 8.00. The summed E-state index contributed by atoms with van der Waals surface area (Å²) in [6.07, 6.45) is 0. The maximum Gasteiger partial charge on any atom is 0.292 e. The van der Waals surface area contributed by atoms with Crippen LogP contribution in [0, 0.1) is 21.4 Å². The molecule has 3 rings (SSSR count). The summed E-state index contributed by atoms with van der Waals surface area (Å²) in [5.74, 6) is -0.457. The number of nitro groups is 1. The van der Waals surface area contributed by atoms with Gasteiger partial charge in [-0.25, -0.2) is 4.98 Å². The van der Waals surface area contributed by atoms with E-state index in [4.69, 9.17) is 0 Å². The minimum Gasteiger partial charge on any atom is -0.320 e. The highest BCUT2D eigenvalue weighted by atomic mass is 32.2. The molecule has 1 N–H and O–H groups in total. The zero-order chi connectivity index (χ0) is 19.9. The largest absolute Gasteiger partial charge is 0.320 e. The van der Waals surface area contributed by atoms with Crippen LogP contribution >= 0.6 is 11.8 Å². The highest BCUT2D eigenvalue weighted by Gasteiger charge is 2.16. The van der Waals surface area contributed by atoms with Gasteiger partial charge in [-0.15, -0.1) is 0 Å². The van der Waals surface area contributed by atoms with Gasteiger partial charge < -0.3 is 5.32 Å². The first-order chi connectivity index (χ1) is 13.6. The summed E-state index contributed by atoms with van der Waals surface area (Å²) in [5.41, 5.74) is 1.91. The number of thioether (sulfide) groups is 1. The number of benzene rings is 2. The van der Waals surface area contributed by atoms with Crippen LogP contribution in [0.4, 0.5) is 11.4 Å². The molecule has 2 aromatic carbocycles. The molecule has 0 atom stereocenters. The summed E-state index contributed by atoms with van der Waals surface area (Å²) in [7, 11) is 0. The fourth-order valence-corrected chi connectivity index (χ4v) is 3.24. The Labute approximate surface area is 165 Å². The van der Waals surface area contributed by atoms with E-state index in [1.165, 1.54) is 18.2 Å². The lowest BCUT2D eigenvalue weighted by Gasteiger charge is -2.08. The van der Waals surface area contributed by atoms with Crippen LogP contribution in [-0.2, 0) is 4.79 Å². The zero-order valence-corrected chi connectivity index (χ0v) is 15.3. The van der Waals surface area contributed by atoms with Crippen molar-refractivity contribution in [2.75, 3.05) is 11.1 Å². The fraction of sp³-hybridized carbons (Fsp3) is 0.0500. The molecule has 0 saturated heterocycles. The second-order valence-electron chi connectivity index (χ2n) is 5.64. The SMILES string of the molecule is N#Cc1ccc(-c2ccccc2)nc1SCC(=O)Nc1ccccc1[N+](=O)[O-]. The Hall–Kier alpha value is -3.70. The van der Waals surface area contributed by atoms with Crippen molar-refractivity contribution < 1.29 is 9.72 Å². The van der Waals surface area contributed by atoms with Crippen LogP contribution in [0.1, 0.15) is 5.56 Å². The monoisotopic (exact) mass is 390 g/mol. The normalized spacial score (nSPS) is 10.1. The molecule has 0 aliphatic rings. The van der Waals surface area contributed by atoms with Gasteiger partial charge >= 0.3 is 0 Å². The number of anilines is 1. The number of amides is 1. The van der Waals surface area contributed by atoms with Crippen LogP contribution in [0.15, 0.2) is 71.8 Å². The van der Waals surface area contributed by atoms with Gasteiger partial charge in [-0.2, -0.15) is 5.26 Å². The van der Waals surface area contributed by atoms with Gasteiger partial charge in [0.15, 0.2) is 0 Å². The molecule has 3 aromatic rings. The lowest BCUT2D eigenvalue weighted by Crippen LogP contribution is -2.15. The smallest absolute Gasteiger partial charge is 0.292 e. The molecule has 138 valence electrons.